The van der Waals surface area contributed by atoms with Crippen LogP contribution in [0.1, 0.15) is 52.4 Å². The van der Waals surface area contributed by atoms with Gasteiger partial charge >= 0.3 is 0 Å². The normalized spacial score (nSPS) is 20.4. The van der Waals surface area contributed by atoms with Gasteiger partial charge in [-0.05, 0) is 55.7 Å². The topological polar surface area (TPSA) is 33.0 Å². The van der Waals surface area contributed by atoms with Gasteiger partial charge in [-0.2, -0.15) is 5.26 Å². The first-order chi connectivity index (χ1) is 9.65. The Morgan fingerprint density at radius 1 is 1.20 bits per heavy atom. The van der Waals surface area contributed by atoms with Gasteiger partial charge in [0, 0.05) is 0 Å². The van der Waals surface area contributed by atoms with Gasteiger partial charge in [-0.1, -0.05) is 31.4 Å². The van der Waals surface area contributed by atoms with E-state index in [0.29, 0.717) is 12.5 Å². The predicted molar refractivity (Wildman–Crippen MR) is 82.2 cm³/mol. The van der Waals surface area contributed by atoms with Crippen molar-refractivity contribution in [3.63, 3.8) is 0 Å². The van der Waals surface area contributed by atoms with Gasteiger partial charge in [-0.25, -0.2) is 0 Å². The van der Waals surface area contributed by atoms with Gasteiger partial charge < -0.3 is 4.74 Å². The van der Waals surface area contributed by atoms with E-state index in [1.807, 2.05) is 13.8 Å². The van der Waals surface area contributed by atoms with E-state index in [1.165, 1.54) is 48.8 Å². The summed E-state index contributed by atoms with van der Waals surface area (Å²) < 4.78 is 5.65. The van der Waals surface area contributed by atoms with Crippen LogP contribution < -0.4 is 0 Å². The SMILES string of the molecule is C=C(C1=C(C(C#N)=C(C)C)CCOC1)C1CCCCC1. The molecule has 2 heteroatoms. The van der Waals surface area contributed by atoms with Gasteiger partial charge in [0.25, 0.3) is 0 Å². The fourth-order valence-corrected chi connectivity index (χ4v) is 3.33. The number of allylic oxidation sites excluding steroid dienone is 2. The average Bonchev–Trinajstić information content (AvgIpc) is 2.48. The maximum absolute atomic E-state index is 9.45. The first-order valence-electron chi connectivity index (χ1n) is 7.72. The molecule has 0 aromatic rings. The molecule has 0 saturated heterocycles. The largest absolute Gasteiger partial charge is 0.376 e. The molecule has 0 spiro atoms. The minimum Gasteiger partial charge on any atom is -0.376 e. The van der Waals surface area contributed by atoms with Crippen molar-refractivity contribution in [1.82, 2.24) is 0 Å². The zero-order valence-corrected chi connectivity index (χ0v) is 12.8. The van der Waals surface area contributed by atoms with E-state index in [4.69, 9.17) is 4.74 Å². The quantitative estimate of drug-likeness (QED) is 0.697. The number of rotatable bonds is 3. The molecule has 0 unspecified atom stereocenters. The lowest BCUT2D eigenvalue weighted by Crippen LogP contribution is -2.19. The van der Waals surface area contributed by atoms with Gasteiger partial charge in [-0.3, -0.25) is 0 Å². The third-order valence-electron chi connectivity index (χ3n) is 4.51. The first-order valence-corrected chi connectivity index (χ1v) is 7.72. The van der Waals surface area contributed by atoms with Crippen LogP contribution in [0.15, 0.2) is 34.4 Å². The summed E-state index contributed by atoms with van der Waals surface area (Å²) in [5.74, 6) is 0.590. The molecule has 1 fully saturated rings. The van der Waals surface area contributed by atoms with Crippen LogP contribution in [0.25, 0.3) is 0 Å². The Hall–Kier alpha value is -1.33. The van der Waals surface area contributed by atoms with Crippen LogP contribution in [0.2, 0.25) is 0 Å². The molecule has 2 rings (SSSR count). The lowest BCUT2D eigenvalue weighted by Gasteiger charge is -2.29. The van der Waals surface area contributed by atoms with E-state index in [0.717, 1.165) is 24.2 Å². The standard InChI is InChI=1S/C18H25NO/c1-13(2)17(11-19)16-9-10-20-12-18(16)14(3)15-7-5-4-6-8-15/h15H,3-10,12H2,1-2H3. The third-order valence-corrected chi connectivity index (χ3v) is 4.51. The molecular weight excluding hydrogens is 246 g/mol. The molecule has 1 aliphatic heterocycles. The molecule has 0 aromatic carbocycles. The van der Waals surface area contributed by atoms with Crippen molar-refractivity contribution < 1.29 is 4.74 Å². The summed E-state index contributed by atoms with van der Waals surface area (Å²) in [5, 5.41) is 9.45. The van der Waals surface area contributed by atoms with Crippen LogP contribution in [0, 0.1) is 17.2 Å². The summed E-state index contributed by atoms with van der Waals surface area (Å²) in [5.41, 5.74) is 5.57. The molecule has 0 radical (unpaired) electrons. The zero-order valence-electron chi connectivity index (χ0n) is 12.8. The van der Waals surface area contributed by atoms with Gasteiger partial charge in [0.15, 0.2) is 0 Å². The van der Waals surface area contributed by atoms with E-state index in [9.17, 15) is 5.26 Å². The second-order valence-corrected chi connectivity index (χ2v) is 6.11. The van der Waals surface area contributed by atoms with Crippen LogP contribution in [-0.2, 0) is 4.74 Å². The molecule has 1 saturated carbocycles. The summed E-state index contributed by atoms with van der Waals surface area (Å²) in [6, 6.07) is 2.38. The van der Waals surface area contributed by atoms with Gasteiger partial charge in [0.05, 0.1) is 24.9 Å². The second-order valence-electron chi connectivity index (χ2n) is 6.11. The minimum atomic E-state index is 0.590. The van der Waals surface area contributed by atoms with E-state index >= 15 is 0 Å². The molecule has 0 atom stereocenters. The van der Waals surface area contributed by atoms with Gasteiger partial charge in [0.2, 0.25) is 0 Å². The molecule has 0 bridgehead atoms. The molecule has 108 valence electrons. The van der Waals surface area contributed by atoms with Gasteiger partial charge in [-0.15, -0.1) is 0 Å². The highest BCUT2D eigenvalue weighted by molar-refractivity contribution is 5.53. The number of nitrogens with zero attached hydrogens (tertiary/aromatic N) is 1. The molecule has 0 amide bonds. The van der Waals surface area contributed by atoms with E-state index < -0.39 is 0 Å². The van der Waals surface area contributed by atoms with Crippen LogP contribution >= 0.6 is 0 Å². The van der Waals surface area contributed by atoms with Crippen molar-refractivity contribution in [3.05, 3.63) is 34.4 Å². The van der Waals surface area contributed by atoms with Crippen LogP contribution in [0.3, 0.4) is 0 Å². The molecule has 0 N–H and O–H groups in total. The summed E-state index contributed by atoms with van der Waals surface area (Å²) in [6.07, 6.45) is 7.29. The molecular formula is C18H25NO. The highest BCUT2D eigenvalue weighted by Crippen LogP contribution is 2.37. The maximum atomic E-state index is 9.45. The Balaban J connectivity index is 2.33. The van der Waals surface area contributed by atoms with Crippen molar-refractivity contribution in [2.75, 3.05) is 13.2 Å². The Labute approximate surface area is 122 Å². The fraction of sp³-hybridized carbons (Fsp3) is 0.611. The van der Waals surface area contributed by atoms with Crippen molar-refractivity contribution in [2.24, 2.45) is 5.92 Å². The average molecular weight is 271 g/mol. The van der Waals surface area contributed by atoms with Crippen LogP contribution in [0.5, 0.6) is 0 Å². The summed E-state index contributed by atoms with van der Waals surface area (Å²) in [6.45, 7) is 9.74. The lowest BCUT2D eigenvalue weighted by atomic mass is 9.79. The number of hydrogen-bond acceptors (Lipinski definition) is 2. The van der Waals surface area contributed by atoms with Crippen LogP contribution in [0.4, 0.5) is 0 Å². The van der Waals surface area contributed by atoms with Crippen molar-refractivity contribution in [3.8, 4) is 6.07 Å². The monoisotopic (exact) mass is 271 g/mol. The maximum Gasteiger partial charge on any atom is 0.0993 e. The number of nitriles is 1. The molecule has 2 nitrogen and oxygen atoms in total. The van der Waals surface area contributed by atoms with Crippen molar-refractivity contribution in [2.45, 2.75) is 52.4 Å². The Morgan fingerprint density at radius 3 is 2.50 bits per heavy atom. The molecule has 2 aliphatic rings. The highest BCUT2D eigenvalue weighted by atomic mass is 16.5. The molecule has 1 aliphatic carbocycles. The summed E-state index contributed by atoms with van der Waals surface area (Å²) in [4.78, 5) is 0. The van der Waals surface area contributed by atoms with E-state index in [2.05, 4.69) is 12.6 Å². The predicted octanol–water partition coefficient (Wildman–Crippen LogP) is 4.70. The lowest BCUT2D eigenvalue weighted by molar-refractivity contribution is 0.147. The number of hydrogen-bond donors (Lipinski definition) is 0. The van der Waals surface area contributed by atoms with Gasteiger partial charge in [0.1, 0.15) is 0 Å². The van der Waals surface area contributed by atoms with Crippen molar-refractivity contribution >= 4 is 0 Å². The smallest absolute Gasteiger partial charge is 0.0993 e. The summed E-state index contributed by atoms with van der Waals surface area (Å²) in [7, 11) is 0. The Bertz CT molecular complexity index is 480. The molecule has 1 heterocycles. The minimum absolute atomic E-state index is 0.590. The number of ether oxygens (including phenoxy) is 1. The Kier molecular flexibility index (Phi) is 5.20. The third kappa shape index (κ3) is 3.22. The summed E-state index contributed by atoms with van der Waals surface area (Å²) >= 11 is 0. The highest BCUT2D eigenvalue weighted by Gasteiger charge is 2.25. The zero-order chi connectivity index (χ0) is 14.5. The van der Waals surface area contributed by atoms with E-state index in [1.54, 1.807) is 0 Å². The van der Waals surface area contributed by atoms with Crippen LogP contribution in [-0.4, -0.2) is 13.2 Å². The molecule has 0 aromatic heterocycles. The fourth-order valence-electron chi connectivity index (χ4n) is 3.33. The van der Waals surface area contributed by atoms with Crippen molar-refractivity contribution in [1.29, 1.82) is 5.26 Å². The van der Waals surface area contributed by atoms with E-state index in [-0.39, 0.29) is 0 Å². The molecule has 20 heavy (non-hydrogen) atoms. The second kappa shape index (κ2) is 6.90. The first kappa shape index (κ1) is 15.1. The Morgan fingerprint density at radius 2 is 1.90 bits per heavy atom.